The fourth-order valence-electron chi connectivity index (χ4n) is 4.25. The lowest BCUT2D eigenvalue weighted by molar-refractivity contribution is -0.0727. The highest BCUT2D eigenvalue weighted by atomic mass is 35.5. The highest BCUT2D eigenvalue weighted by Crippen LogP contribution is 2.31. The van der Waals surface area contributed by atoms with Crippen LogP contribution in [0.15, 0.2) is 89.8 Å². The molecule has 0 aromatic heterocycles. The highest BCUT2D eigenvalue weighted by Gasteiger charge is 2.43. The molecule has 3 rings (SSSR count). The quantitative estimate of drug-likeness (QED) is 0.255. The van der Waals surface area contributed by atoms with Crippen LogP contribution in [0, 0.1) is 5.92 Å². The van der Waals surface area contributed by atoms with Crippen LogP contribution in [-0.4, -0.2) is 52.7 Å². The van der Waals surface area contributed by atoms with E-state index < -0.39 is 21.8 Å². The average molecular weight is 559 g/mol. The number of hydrogen-bond donors (Lipinski definition) is 2. The van der Waals surface area contributed by atoms with Gasteiger partial charge in [0.25, 0.3) is 0 Å². The fraction of sp³-hybridized carbons (Fsp3) is 0.345. The molecule has 1 atom stereocenters. The van der Waals surface area contributed by atoms with E-state index in [1.54, 1.807) is 0 Å². The second-order valence-corrected chi connectivity index (χ2v) is 12.1. The van der Waals surface area contributed by atoms with Crippen LogP contribution in [0.1, 0.15) is 37.8 Å². The summed E-state index contributed by atoms with van der Waals surface area (Å²) in [5.74, 6) is 0.174. The zero-order chi connectivity index (χ0) is 27.8. The van der Waals surface area contributed by atoms with Gasteiger partial charge in [-0.3, -0.25) is 0 Å². The van der Waals surface area contributed by atoms with Crippen LogP contribution in [0.5, 0.6) is 0 Å². The van der Waals surface area contributed by atoms with E-state index in [2.05, 4.69) is 0 Å². The van der Waals surface area contributed by atoms with Gasteiger partial charge in [0.15, 0.2) is 0 Å². The molecule has 0 bridgehead atoms. The minimum absolute atomic E-state index is 0.00243. The van der Waals surface area contributed by atoms with Crippen LogP contribution in [0.4, 0.5) is 4.79 Å². The number of carboxylic acid groups (broad SMARTS) is 1. The van der Waals surface area contributed by atoms with Gasteiger partial charge in [0.1, 0.15) is 5.72 Å². The third kappa shape index (κ3) is 8.04. The highest BCUT2D eigenvalue weighted by molar-refractivity contribution is 7.89. The molecule has 0 spiro atoms. The van der Waals surface area contributed by atoms with Crippen LogP contribution in [0.25, 0.3) is 0 Å². The van der Waals surface area contributed by atoms with Gasteiger partial charge in [0.2, 0.25) is 10.0 Å². The van der Waals surface area contributed by atoms with Gasteiger partial charge >= 0.3 is 6.09 Å². The van der Waals surface area contributed by atoms with Crippen LogP contribution in [-0.2, 0) is 23.0 Å². The van der Waals surface area contributed by atoms with Crippen molar-refractivity contribution in [1.29, 1.82) is 0 Å². The Morgan fingerprint density at radius 3 is 1.97 bits per heavy atom. The van der Waals surface area contributed by atoms with Crippen molar-refractivity contribution in [2.45, 2.75) is 50.3 Å². The number of aliphatic hydroxyl groups is 1. The Morgan fingerprint density at radius 1 is 0.895 bits per heavy atom. The van der Waals surface area contributed by atoms with E-state index in [0.717, 1.165) is 15.4 Å². The van der Waals surface area contributed by atoms with Crippen molar-refractivity contribution in [3.63, 3.8) is 0 Å². The summed E-state index contributed by atoms with van der Waals surface area (Å²) < 4.78 is 29.0. The van der Waals surface area contributed by atoms with Crippen LogP contribution in [0.2, 0.25) is 5.02 Å². The molecule has 1 amide bonds. The van der Waals surface area contributed by atoms with Gasteiger partial charge in [-0.15, -0.1) is 0 Å². The van der Waals surface area contributed by atoms with Gasteiger partial charge in [-0.05, 0) is 47.7 Å². The maximum atomic E-state index is 14.0. The molecule has 0 aliphatic carbocycles. The summed E-state index contributed by atoms with van der Waals surface area (Å²) in [5, 5.41) is 22.5. The van der Waals surface area contributed by atoms with E-state index in [0.29, 0.717) is 11.4 Å². The number of carbonyl (C=O) groups is 1. The molecule has 0 fully saturated rings. The summed E-state index contributed by atoms with van der Waals surface area (Å²) in [7, 11) is -4.16. The maximum absolute atomic E-state index is 14.0. The molecule has 0 heterocycles. The summed E-state index contributed by atoms with van der Waals surface area (Å²) in [6, 6.07) is 24.1. The largest absolute Gasteiger partial charge is 0.465 e. The third-order valence-electron chi connectivity index (χ3n) is 6.37. The SMILES string of the molecule is CC(C)CCN(C(O)(CCN(Cc1ccccc1)C(=O)O)Cc1ccccc1)S(=O)(=O)c1ccc(Cl)cc1. The molecule has 3 aromatic rings. The van der Waals surface area contributed by atoms with Crippen LogP contribution < -0.4 is 0 Å². The number of hydrogen-bond acceptors (Lipinski definition) is 4. The number of rotatable bonds is 13. The molecule has 0 radical (unpaired) electrons. The molecule has 0 aliphatic rings. The first kappa shape index (κ1) is 29.6. The summed E-state index contributed by atoms with van der Waals surface area (Å²) in [6.45, 7) is 4.08. The van der Waals surface area contributed by atoms with Gasteiger partial charge in [-0.1, -0.05) is 86.1 Å². The predicted molar refractivity (Wildman–Crippen MR) is 149 cm³/mol. The first-order valence-electron chi connectivity index (χ1n) is 12.6. The summed E-state index contributed by atoms with van der Waals surface area (Å²) in [5.41, 5.74) is -0.355. The monoisotopic (exact) mass is 558 g/mol. The molecule has 0 saturated carbocycles. The van der Waals surface area contributed by atoms with Crippen molar-refractivity contribution in [3.8, 4) is 0 Å². The number of halogens is 1. The van der Waals surface area contributed by atoms with Crippen molar-refractivity contribution < 1.29 is 23.4 Å². The van der Waals surface area contributed by atoms with E-state index in [-0.39, 0.29) is 43.3 Å². The van der Waals surface area contributed by atoms with E-state index in [1.165, 1.54) is 29.2 Å². The first-order chi connectivity index (χ1) is 18.0. The number of nitrogens with zero attached hydrogens (tertiary/aromatic N) is 2. The lowest BCUT2D eigenvalue weighted by Crippen LogP contribution is -2.55. The van der Waals surface area contributed by atoms with E-state index in [4.69, 9.17) is 11.6 Å². The van der Waals surface area contributed by atoms with Crippen molar-refractivity contribution in [3.05, 3.63) is 101 Å². The summed E-state index contributed by atoms with van der Waals surface area (Å²) in [6.07, 6.45) is -0.759. The molecule has 204 valence electrons. The Labute approximate surface area is 230 Å². The zero-order valence-corrected chi connectivity index (χ0v) is 23.3. The molecule has 0 aliphatic heterocycles. The van der Waals surface area contributed by atoms with Gasteiger partial charge in [-0.25, -0.2) is 13.2 Å². The van der Waals surface area contributed by atoms with Gasteiger partial charge in [0, 0.05) is 37.5 Å². The molecule has 7 nitrogen and oxygen atoms in total. The number of sulfonamides is 1. The molecular weight excluding hydrogens is 524 g/mol. The number of benzene rings is 3. The van der Waals surface area contributed by atoms with Crippen molar-refractivity contribution in [1.82, 2.24) is 9.21 Å². The van der Waals surface area contributed by atoms with Crippen molar-refractivity contribution >= 4 is 27.7 Å². The molecule has 0 saturated heterocycles. The Hall–Kier alpha value is -2.91. The van der Waals surface area contributed by atoms with Gasteiger partial charge in [-0.2, -0.15) is 4.31 Å². The fourth-order valence-corrected chi connectivity index (χ4v) is 6.05. The minimum Gasteiger partial charge on any atom is -0.465 e. The van der Waals surface area contributed by atoms with E-state index in [1.807, 2.05) is 74.5 Å². The molecule has 3 aromatic carbocycles. The minimum atomic E-state index is -4.16. The second-order valence-electron chi connectivity index (χ2n) is 9.80. The van der Waals surface area contributed by atoms with E-state index >= 15 is 0 Å². The molecule has 38 heavy (non-hydrogen) atoms. The predicted octanol–water partition coefficient (Wildman–Crippen LogP) is 5.88. The summed E-state index contributed by atoms with van der Waals surface area (Å²) in [4.78, 5) is 13.3. The normalized spacial score (nSPS) is 13.4. The Kier molecular flexibility index (Phi) is 10.3. The molecule has 1 unspecified atom stereocenters. The first-order valence-corrected chi connectivity index (χ1v) is 14.4. The van der Waals surface area contributed by atoms with Crippen LogP contribution in [0.3, 0.4) is 0 Å². The molecule has 2 N–H and O–H groups in total. The Bertz CT molecular complexity index is 1270. The van der Waals surface area contributed by atoms with Gasteiger partial charge < -0.3 is 15.1 Å². The second kappa shape index (κ2) is 13.2. The topological polar surface area (TPSA) is 98.2 Å². The van der Waals surface area contributed by atoms with Crippen molar-refractivity contribution in [2.24, 2.45) is 5.92 Å². The maximum Gasteiger partial charge on any atom is 0.407 e. The third-order valence-corrected chi connectivity index (χ3v) is 8.60. The summed E-state index contributed by atoms with van der Waals surface area (Å²) >= 11 is 6.00. The van der Waals surface area contributed by atoms with E-state index in [9.17, 15) is 23.4 Å². The average Bonchev–Trinajstić information content (AvgIpc) is 2.87. The molecular formula is C29H35ClN2O5S. The van der Waals surface area contributed by atoms with Crippen LogP contribution >= 0.6 is 11.6 Å². The lowest BCUT2D eigenvalue weighted by atomic mass is 9.98. The smallest absolute Gasteiger partial charge is 0.407 e. The van der Waals surface area contributed by atoms with Gasteiger partial charge in [0.05, 0.1) is 4.90 Å². The molecule has 9 heteroatoms. The Balaban J connectivity index is 2.01. The zero-order valence-electron chi connectivity index (χ0n) is 21.7. The van der Waals surface area contributed by atoms with Crippen molar-refractivity contribution in [2.75, 3.05) is 13.1 Å². The Morgan fingerprint density at radius 2 is 1.45 bits per heavy atom. The standard InChI is InChI=1S/C29H35ClN2O5S/c1-23(2)17-19-32(38(36,37)27-15-13-26(30)14-16-27)29(35,21-24-9-5-3-6-10-24)18-20-31(28(33)34)22-25-11-7-4-8-12-25/h3-16,23,35H,17-22H2,1-2H3,(H,33,34). The number of amides is 1. The lowest BCUT2D eigenvalue weighted by Gasteiger charge is -2.40.